The monoisotopic (exact) mass is 232 g/mol. The minimum Gasteiger partial charge on any atom is -0.508 e. The Balaban J connectivity index is 2.35. The second-order valence-corrected chi connectivity index (χ2v) is 3.73. The molecular formula is C13H12O4. The van der Waals surface area contributed by atoms with Gasteiger partial charge in [-0.1, -0.05) is 18.2 Å². The summed E-state index contributed by atoms with van der Waals surface area (Å²) in [7, 11) is 0. The Morgan fingerprint density at radius 3 is 2.76 bits per heavy atom. The highest BCUT2D eigenvalue weighted by atomic mass is 16.6. The second kappa shape index (κ2) is 4.43. The van der Waals surface area contributed by atoms with Gasteiger partial charge in [0.1, 0.15) is 5.75 Å². The highest BCUT2D eigenvalue weighted by Gasteiger charge is 2.25. The number of aliphatic hydroxyl groups is 1. The van der Waals surface area contributed by atoms with E-state index in [1.165, 1.54) is 12.1 Å². The van der Waals surface area contributed by atoms with Gasteiger partial charge < -0.3 is 14.9 Å². The number of rotatable bonds is 3. The summed E-state index contributed by atoms with van der Waals surface area (Å²) in [6.07, 6.45) is 2.20. The summed E-state index contributed by atoms with van der Waals surface area (Å²) in [5.41, 5.74) is 1.66. The van der Waals surface area contributed by atoms with Gasteiger partial charge in [0.25, 0.3) is 0 Å². The lowest BCUT2D eigenvalue weighted by atomic mass is 10.0. The molecule has 88 valence electrons. The molecule has 0 radical (unpaired) electrons. The Labute approximate surface area is 98.5 Å². The molecule has 17 heavy (non-hydrogen) atoms. The zero-order valence-electron chi connectivity index (χ0n) is 9.09. The summed E-state index contributed by atoms with van der Waals surface area (Å²) in [5.74, 6) is -0.475. The Bertz CT molecular complexity index is 502. The van der Waals surface area contributed by atoms with E-state index in [-0.39, 0.29) is 5.75 Å². The molecule has 0 aliphatic carbocycles. The minimum atomic E-state index is -1.26. The van der Waals surface area contributed by atoms with Crippen molar-refractivity contribution in [2.75, 3.05) is 0 Å². The number of cyclic esters (lactones) is 1. The number of phenolic OH excluding ortho intramolecular Hbond substituents is 1. The molecule has 2 N–H and O–H groups in total. The third-order valence-electron chi connectivity index (χ3n) is 2.55. The molecule has 0 saturated heterocycles. The summed E-state index contributed by atoms with van der Waals surface area (Å²) in [6.45, 7) is 3.59. The Morgan fingerprint density at radius 2 is 2.24 bits per heavy atom. The van der Waals surface area contributed by atoms with Crippen molar-refractivity contribution in [3.63, 3.8) is 0 Å². The summed E-state index contributed by atoms with van der Waals surface area (Å²) >= 11 is 0. The number of hydrogen-bond acceptors (Lipinski definition) is 4. The lowest BCUT2D eigenvalue weighted by molar-refractivity contribution is -0.149. The van der Waals surface area contributed by atoms with Crippen LogP contribution in [0.2, 0.25) is 0 Å². The van der Waals surface area contributed by atoms with Crippen LogP contribution < -0.4 is 0 Å². The van der Waals surface area contributed by atoms with Gasteiger partial charge in [-0.25, -0.2) is 4.79 Å². The minimum absolute atomic E-state index is 0.106. The molecule has 4 heteroatoms. The molecule has 0 spiro atoms. The molecule has 0 fully saturated rings. The second-order valence-electron chi connectivity index (χ2n) is 3.73. The predicted molar refractivity (Wildman–Crippen MR) is 62.1 cm³/mol. The number of ether oxygens (including phenoxy) is 1. The van der Waals surface area contributed by atoms with Crippen molar-refractivity contribution in [3.05, 3.63) is 48.1 Å². The third-order valence-corrected chi connectivity index (χ3v) is 2.55. The van der Waals surface area contributed by atoms with Crippen molar-refractivity contribution in [2.24, 2.45) is 0 Å². The van der Waals surface area contributed by atoms with Gasteiger partial charge >= 0.3 is 5.97 Å². The largest absolute Gasteiger partial charge is 0.508 e. The zero-order chi connectivity index (χ0) is 12.4. The molecule has 4 nitrogen and oxygen atoms in total. The third kappa shape index (κ3) is 2.21. The normalized spacial score (nSPS) is 18.8. The average molecular weight is 232 g/mol. The summed E-state index contributed by atoms with van der Waals surface area (Å²) < 4.78 is 4.57. The molecule has 2 rings (SSSR count). The Kier molecular flexibility index (Phi) is 2.97. The Hall–Kier alpha value is -2.07. The molecule has 1 atom stereocenters. The van der Waals surface area contributed by atoms with Crippen LogP contribution in [0.25, 0.3) is 5.57 Å². The summed E-state index contributed by atoms with van der Waals surface area (Å²) in [4.78, 5) is 11.0. The molecular weight excluding hydrogens is 220 g/mol. The number of benzene rings is 1. The number of carbonyl (C=O) groups excluding carboxylic acids is 1. The van der Waals surface area contributed by atoms with Crippen LogP contribution in [0.5, 0.6) is 5.75 Å². The first-order valence-electron chi connectivity index (χ1n) is 5.15. The summed E-state index contributed by atoms with van der Waals surface area (Å²) in [6, 6.07) is 4.94. The fourth-order valence-corrected chi connectivity index (χ4v) is 1.70. The van der Waals surface area contributed by atoms with Gasteiger partial charge in [0, 0.05) is 11.6 Å². The molecule has 1 aliphatic rings. The van der Waals surface area contributed by atoms with Crippen LogP contribution in [0, 0.1) is 0 Å². The lowest BCUT2D eigenvalue weighted by Crippen LogP contribution is -2.09. The van der Waals surface area contributed by atoms with Crippen molar-refractivity contribution in [1.82, 2.24) is 0 Å². The van der Waals surface area contributed by atoms with Crippen LogP contribution in [0.1, 0.15) is 11.1 Å². The van der Waals surface area contributed by atoms with Crippen molar-refractivity contribution < 1.29 is 19.7 Å². The van der Waals surface area contributed by atoms with Crippen molar-refractivity contribution in [2.45, 2.75) is 12.7 Å². The quantitative estimate of drug-likeness (QED) is 0.610. The highest BCUT2D eigenvalue weighted by molar-refractivity contribution is 5.96. The number of phenols is 1. The zero-order valence-corrected chi connectivity index (χ0v) is 9.09. The fraction of sp³-hybridized carbons (Fsp3) is 0.154. The van der Waals surface area contributed by atoms with E-state index in [9.17, 15) is 15.0 Å². The number of hydrogen-bond donors (Lipinski definition) is 2. The maximum absolute atomic E-state index is 11.0. The van der Waals surface area contributed by atoms with E-state index in [0.29, 0.717) is 17.6 Å². The molecule has 1 aromatic carbocycles. The van der Waals surface area contributed by atoms with Crippen LogP contribution >= 0.6 is 0 Å². The number of allylic oxidation sites excluding steroid dienone is 1. The number of aromatic hydroxyl groups is 1. The maximum atomic E-state index is 11.0. The van der Waals surface area contributed by atoms with E-state index in [4.69, 9.17) is 0 Å². The van der Waals surface area contributed by atoms with Gasteiger partial charge in [0.05, 0.1) is 0 Å². The fourth-order valence-electron chi connectivity index (χ4n) is 1.70. The van der Waals surface area contributed by atoms with E-state index >= 15 is 0 Å². The SMILES string of the molecule is C=CCc1ccc(C2=CC(=O)OC2O)cc1O. The van der Waals surface area contributed by atoms with E-state index in [2.05, 4.69) is 11.3 Å². The summed E-state index contributed by atoms with van der Waals surface area (Å²) in [5, 5.41) is 19.2. The van der Waals surface area contributed by atoms with Crippen LogP contribution in [0.4, 0.5) is 0 Å². The first kappa shape index (κ1) is 11.4. The lowest BCUT2D eigenvalue weighted by Gasteiger charge is -2.09. The van der Waals surface area contributed by atoms with Gasteiger partial charge in [-0.15, -0.1) is 6.58 Å². The Morgan fingerprint density at radius 1 is 1.47 bits per heavy atom. The molecule has 0 amide bonds. The number of aliphatic hydroxyl groups excluding tert-OH is 1. The smallest absolute Gasteiger partial charge is 0.333 e. The van der Waals surface area contributed by atoms with Gasteiger partial charge in [-0.2, -0.15) is 0 Å². The van der Waals surface area contributed by atoms with Gasteiger partial charge in [0.2, 0.25) is 6.29 Å². The van der Waals surface area contributed by atoms with E-state index < -0.39 is 12.3 Å². The van der Waals surface area contributed by atoms with E-state index in [1.807, 2.05) is 0 Å². The first-order valence-corrected chi connectivity index (χ1v) is 5.15. The van der Waals surface area contributed by atoms with Crippen molar-refractivity contribution in [3.8, 4) is 5.75 Å². The average Bonchev–Trinajstić information content (AvgIpc) is 2.61. The first-order chi connectivity index (χ1) is 8.11. The number of carbonyl (C=O) groups is 1. The van der Waals surface area contributed by atoms with E-state index in [1.54, 1.807) is 18.2 Å². The highest BCUT2D eigenvalue weighted by Crippen LogP contribution is 2.29. The van der Waals surface area contributed by atoms with Crippen molar-refractivity contribution in [1.29, 1.82) is 0 Å². The van der Waals surface area contributed by atoms with Gasteiger partial charge in [-0.05, 0) is 23.6 Å². The van der Waals surface area contributed by atoms with Gasteiger partial charge in [0.15, 0.2) is 0 Å². The van der Waals surface area contributed by atoms with E-state index in [0.717, 1.165) is 5.56 Å². The molecule has 1 unspecified atom stereocenters. The van der Waals surface area contributed by atoms with Gasteiger partial charge in [-0.3, -0.25) is 0 Å². The molecule has 0 bridgehead atoms. The standard InChI is InChI=1S/C13H12O4/c1-2-3-8-4-5-9(6-11(8)14)10-7-12(15)17-13(10)16/h2,4-7,13-14,16H,1,3H2. The topological polar surface area (TPSA) is 66.8 Å². The van der Waals surface area contributed by atoms with Crippen molar-refractivity contribution >= 4 is 11.5 Å². The molecule has 1 heterocycles. The van der Waals surface area contributed by atoms with Crippen LogP contribution in [-0.4, -0.2) is 22.5 Å². The molecule has 0 aromatic heterocycles. The van der Waals surface area contributed by atoms with Crippen LogP contribution in [-0.2, 0) is 16.0 Å². The predicted octanol–water partition coefficient (Wildman–Crippen LogP) is 1.38. The molecule has 1 aromatic rings. The number of esters is 1. The molecule has 0 saturated carbocycles. The van der Waals surface area contributed by atoms with Crippen LogP contribution in [0.15, 0.2) is 36.9 Å². The molecule has 1 aliphatic heterocycles. The van der Waals surface area contributed by atoms with Crippen LogP contribution in [0.3, 0.4) is 0 Å². The maximum Gasteiger partial charge on any atom is 0.333 e.